The van der Waals surface area contributed by atoms with Crippen LogP contribution >= 0.6 is 0 Å². The quantitative estimate of drug-likeness (QED) is 0.559. The van der Waals surface area contributed by atoms with Crippen molar-refractivity contribution in [2.75, 3.05) is 6.61 Å². The molecule has 0 fully saturated rings. The van der Waals surface area contributed by atoms with Crippen molar-refractivity contribution >= 4 is 4.57 Å². The molecule has 0 aliphatic carbocycles. The summed E-state index contributed by atoms with van der Waals surface area (Å²) in [4.78, 5) is 0. The van der Waals surface area contributed by atoms with Crippen LogP contribution in [0.5, 0.6) is 0 Å². The Hall–Kier alpha value is -0.938. The molecule has 7 heteroatoms. The van der Waals surface area contributed by atoms with Gasteiger partial charge in [0.1, 0.15) is 0 Å². The monoisotopic (exact) mass is 306 g/mol. The van der Waals surface area contributed by atoms with Gasteiger partial charge in [0, 0.05) is 0 Å². The van der Waals surface area contributed by atoms with Crippen molar-refractivity contribution in [2.24, 2.45) is 0 Å². The second kappa shape index (κ2) is 88.3. The molecule has 0 aromatic heterocycles. The third-order valence-electron chi connectivity index (χ3n) is 1.04. The Morgan fingerprint density at radius 1 is 0.842 bits per heavy atom. The second-order valence-corrected chi connectivity index (χ2v) is 2.62. The number of unbranched alkanes of at least 4 members (excludes halogenated alkanes) is 1. The van der Waals surface area contributed by atoms with Gasteiger partial charge in [-0.05, 0) is 0 Å². The molecular formula is C12H14CrO6. The fraction of sp³-hybridized carbons (Fsp3) is 0.500. The molecule has 0 unspecified atom stereocenters. The Morgan fingerprint density at radius 2 is 1.16 bits per heavy atom. The number of ether oxygens (including phenoxy) is 1. The molecule has 0 saturated heterocycles. The van der Waals surface area contributed by atoms with Crippen LogP contribution in [0.4, 0.5) is 0 Å². The third-order valence-corrected chi connectivity index (χ3v) is 1.54. The van der Waals surface area contributed by atoms with Crippen molar-refractivity contribution in [2.45, 2.75) is 33.1 Å². The van der Waals surface area contributed by atoms with Crippen LogP contribution < -0.4 is 0 Å². The zero-order chi connectivity index (χ0) is 17.1. The summed E-state index contributed by atoms with van der Waals surface area (Å²) in [7, 11) is 0. The molecule has 0 amide bonds. The van der Waals surface area contributed by atoms with Crippen molar-refractivity contribution < 1.29 is 43.8 Å². The fourth-order valence-electron chi connectivity index (χ4n) is 0.554. The van der Waals surface area contributed by atoms with Crippen molar-refractivity contribution in [3.63, 3.8) is 0 Å². The van der Waals surface area contributed by atoms with Crippen molar-refractivity contribution in [1.29, 1.82) is 0 Å². The van der Waals surface area contributed by atoms with Gasteiger partial charge in [-0.15, -0.1) is 0 Å². The minimum absolute atomic E-state index is 0.784. The van der Waals surface area contributed by atoms with Crippen LogP contribution in [0.15, 0.2) is 0 Å². The van der Waals surface area contributed by atoms with Gasteiger partial charge in [0.05, 0.1) is 0 Å². The molecular weight excluding hydrogens is 292 g/mol. The predicted octanol–water partition coefficient (Wildman–Crippen LogP) is 1.70. The molecule has 19 heavy (non-hydrogen) atoms. The average Bonchev–Trinajstić information content (AvgIpc) is 2.55. The third kappa shape index (κ3) is 105. The van der Waals surface area contributed by atoms with E-state index in [1.54, 1.807) is 0 Å². The summed E-state index contributed by atoms with van der Waals surface area (Å²) in [6.45, 7) is 27.5. The summed E-state index contributed by atoms with van der Waals surface area (Å²) < 4.78 is 43.8. The van der Waals surface area contributed by atoms with Crippen LogP contribution in [0, 0.1) is 33.3 Å². The Morgan fingerprint density at radius 3 is 1.37 bits per heavy atom. The zero-order valence-electron chi connectivity index (χ0n) is 10.7. The molecule has 0 aliphatic heterocycles. The van der Waals surface area contributed by atoms with Crippen LogP contribution in [0.2, 0.25) is 0 Å². The molecule has 0 heterocycles. The van der Waals surface area contributed by atoms with Crippen molar-refractivity contribution in [3.8, 4) is 0 Å². The van der Waals surface area contributed by atoms with E-state index in [0.29, 0.717) is 0 Å². The molecule has 0 spiro atoms. The normalized spacial score (nSPS) is 5.05. The fourth-order valence-corrected chi connectivity index (χ4v) is 0.964. The molecule has 0 aromatic rings. The van der Waals surface area contributed by atoms with Crippen LogP contribution in [0.25, 0.3) is 0 Å². The summed E-state index contributed by atoms with van der Waals surface area (Å²) in [5.41, 5.74) is 0. The molecule has 0 rings (SSSR count). The Bertz CT molecular complexity index is 204. The topological polar surface area (TPSA) is 109 Å². The van der Waals surface area contributed by atoms with Gasteiger partial charge in [-0.25, -0.2) is 0 Å². The molecule has 0 radical (unpaired) electrons. The van der Waals surface area contributed by atoms with E-state index in [2.05, 4.69) is 56.0 Å². The molecule has 104 valence electrons. The summed E-state index contributed by atoms with van der Waals surface area (Å²) in [6.07, 6.45) is 3.53. The summed E-state index contributed by atoms with van der Waals surface area (Å²) in [5, 5.41) is 0. The van der Waals surface area contributed by atoms with Crippen LogP contribution in [-0.2, 0) is 43.8 Å². The first kappa shape index (κ1) is 36.1. The summed E-state index contributed by atoms with van der Waals surface area (Å²) in [5.74, 6) is 0. The number of hydrogen-bond donors (Lipinski definition) is 0. The maximum absolute atomic E-state index is 7.50. The Kier molecular flexibility index (Phi) is 168. The van der Waals surface area contributed by atoms with Gasteiger partial charge in [-0.1, -0.05) is 0 Å². The first-order valence-electron chi connectivity index (χ1n) is 4.49. The molecule has 0 aromatic carbocycles. The van der Waals surface area contributed by atoms with Gasteiger partial charge < -0.3 is 0 Å². The molecule has 0 atom stereocenters. The number of hydrogen-bond acceptors (Lipinski definition) is 1. The Balaban J connectivity index is -0.0000000356. The van der Waals surface area contributed by atoms with E-state index < -0.39 is 0 Å². The minimum atomic E-state index is 0.784. The van der Waals surface area contributed by atoms with Crippen LogP contribution in [-0.4, -0.2) is 11.2 Å². The van der Waals surface area contributed by atoms with E-state index in [-0.39, 0.29) is 0 Å². The van der Waals surface area contributed by atoms with Crippen LogP contribution in [0.3, 0.4) is 0 Å². The molecule has 0 N–H and O–H groups in total. The summed E-state index contributed by atoms with van der Waals surface area (Å²) in [6, 6.07) is 0. The number of rotatable bonds is 5. The predicted molar refractivity (Wildman–Crippen MR) is 55.8 cm³/mol. The maximum atomic E-state index is 7.50. The molecule has 0 saturated carbocycles. The van der Waals surface area contributed by atoms with Crippen molar-refractivity contribution in [3.05, 3.63) is 33.3 Å². The first-order valence-corrected chi connectivity index (χ1v) is 5.12. The molecule has 0 bridgehead atoms. The van der Waals surface area contributed by atoms with Gasteiger partial charge in [0.15, 0.2) is 0 Å². The summed E-state index contributed by atoms with van der Waals surface area (Å²) >= 11 is 2.91. The van der Waals surface area contributed by atoms with Gasteiger partial charge in [0.2, 0.25) is 0 Å². The molecule has 6 nitrogen and oxygen atoms in total. The van der Waals surface area contributed by atoms with E-state index in [0.717, 1.165) is 17.6 Å². The van der Waals surface area contributed by atoms with Crippen molar-refractivity contribution in [1.82, 2.24) is 0 Å². The van der Waals surface area contributed by atoms with Gasteiger partial charge in [0.25, 0.3) is 0 Å². The van der Waals surface area contributed by atoms with Gasteiger partial charge in [-0.3, -0.25) is 0 Å². The molecule has 0 aliphatic rings. The first-order chi connectivity index (χ1) is 9.31. The second-order valence-electron chi connectivity index (χ2n) is 1.91. The average molecular weight is 306 g/mol. The van der Waals surface area contributed by atoms with E-state index >= 15 is 0 Å². The zero-order valence-corrected chi connectivity index (χ0v) is 12.0. The standard InChI is InChI=1S/C7H14O.5CO.Cr/c1-3-5-6-7-8-4-2;5*1-2;/h3-6H2,1-2H3;;;;;;. The van der Waals surface area contributed by atoms with Gasteiger partial charge >= 0.3 is 121 Å². The van der Waals surface area contributed by atoms with E-state index in [1.165, 1.54) is 12.8 Å². The van der Waals surface area contributed by atoms with E-state index in [9.17, 15) is 0 Å². The van der Waals surface area contributed by atoms with Crippen LogP contribution in [0.1, 0.15) is 33.1 Å². The van der Waals surface area contributed by atoms with Gasteiger partial charge in [-0.2, -0.15) is 0 Å². The van der Waals surface area contributed by atoms with E-state index in [1.807, 2.05) is 6.92 Å². The Labute approximate surface area is 122 Å². The SMILES string of the molecule is CCCC[C](=[Cr])OCC.[C-]#[O+].[C-]#[O+].[C-]#[O+].[C-]#[O+].[C-]#[O+]. The van der Waals surface area contributed by atoms with E-state index in [4.69, 9.17) is 28.0 Å².